The van der Waals surface area contributed by atoms with E-state index in [9.17, 15) is 0 Å². The van der Waals surface area contributed by atoms with Crippen LogP contribution in [0.4, 0.5) is 11.4 Å². The fourth-order valence-corrected chi connectivity index (χ4v) is 2.73. The lowest BCUT2D eigenvalue weighted by molar-refractivity contribution is 0.467. The van der Waals surface area contributed by atoms with E-state index in [0.29, 0.717) is 41.7 Å². The smallest absolute Gasteiger partial charge is 0.192 e. The Morgan fingerprint density at radius 2 is 1.28 bits per heavy atom. The van der Waals surface area contributed by atoms with Gasteiger partial charge in [0, 0.05) is 18.4 Å². The lowest BCUT2D eigenvalue weighted by Crippen LogP contribution is -2.46. The van der Waals surface area contributed by atoms with E-state index in [1.54, 1.807) is 48.5 Å². The molecule has 0 aliphatic carbocycles. The van der Waals surface area contributed by atoms with Crippen LogP contribution in [-0.4, -0.2) is 22.3 Å². The van der Waals surface area contributed by atoms with Crippen molar-refractivity contribution >= 4 is 92.4 Å². The van der Waals surface area contributed by atoms with Gasteiger partial charge in [-0.05, 0) is 60.8 Å². The van der Waals surface area contributed by atoms with Crippen molar-refractivity contribution < 1.29 is 0 Å². The molecule has 0 heterocycles. The first kappa shape index (κ1) is 20.3. The molecule has 2 rings (SSSR count). The summed E-state index contributed by atoms with van der Waals surface area (Å²) in [6, 6.07) is 10.2. The number of halogens is 4. The van der Waals surface area contributed by atoms with Crippen LogP contribution in [-0.2, 0) is 0 Å². The Morgan fingerprint density at radius 3 is 1.76 bits per heavy atom. The minimum Gasteiger partial charge on any atom is -0.331 e. The molecule has 0 unspecified atom stereocenters. The van der Waals surface area contributed by atoms with Gasteiger partial charge < -0.3 is 10.6 Å². The van der Waals surface area contributed by atoms with E-state index in [1.165, 1.54) is 0 Å². The third-order valence-electron chi connectivity index (χ3n) is 2.92. The van der Waals surface area contributed by atoms with Crippen molar-refractivity contribution in [2.24, 2.45) is 0 Å². The maximum atomic E-state index is 5.98. The first-order valence-electron chi connectivity index (χ1n) is 6.78. The van der Waals surface area contributed by atoms with Crippen molar-refractivity contribution in [3.8, 4) is 0 Å². The van der Waals surface area contributed by atoms with Crippen molar-refractivity contribution in [2.45, 2.75) is 0 Å². The number of hydrogen-bond donors (Lipinski definition) is 3. The summed E-state index contributed by atoms with van der Waals surface area (Å²) in [7, 11) is 1.72. The second kappa shape index (κ2) is 9.07. The molecule has 2 aromatic rings. The summed E-state index contributed by atoms with van der Waals surface area (Å²) in [5.74, 6) is 0. The second-order valence-electron chi connectivity index (χ2n) is 4.81. The Bertz CT molecular complexity index is 816. The van der Waals surface area contributed by atoms with Crippen LogP contribution in [0.2, 0.25) is 20.1 Å². The van der Waals surface area contributed by atoms with Crippen LogP contribution in [0.15, 0.2) is 36.4 Å². The van der Waals surface area contributed by atoms with E-state index < -0.39 is 0 Å². The van der Waals surface area contributed by atoms with Gasteiger partial charge in [0.05, 0.1) is 20.1 Å². The molecule has 25 heavy (non-hydrogen) atoms. The van der Waals surface area contributed by atoms with Gasteiger partial charge >= 0.3 is 0 Å². The van der Waals surface area contributed by atoms with Crippen molar-refractivity contribution in [3.05, 3.63) is 56.5 Å². The summed E-state index contributed by atoms with van der Waals surface area (Å²) in [5, 5.41) is 10.1. The first-order chi connectivity index (χ1) is 11.8. The van der Waals surface area contributed by atoms with Crippen molar-refractivity contribution in [1.82, 2.24) is 10.4 Å². The molecule has 0 bridgehead atoms. The number of hydrazine groups is 1. The van der Waals surface area contributed by atoms with Crippen LogP contribution >= 0.6 is 70.8 Å². The summed E-state index contributed by atoms with van der Waals surface area (Å²) in [4.78, 5) is 0. The highest BCUT2D eigenvalue weighted by atomic mass is 35.5. The Kier molecular flexibility index (Phi) is 7.37. The van der Waals surface area contributed by atoms with Crippen molar-refractivity contribution in [3.63, 3.8) is 0 Å². The van der Waals surface area contributed by atoms with E-state index >= 15 is 0 Å². The Hall–Kier alpha value is -1.02. The molecule has 10 heteroatoms. The lowest BCUT2D eigenvalue weighted by atomic mass is 10.3. The van der Waals surface area contributed by atoms with Crippen LogP contribution in [0.5, 0.6) is 0 Å². The van der Waals surface area contributed by atoms with Gasteiger partial charge in [-0.2, -0.15) is 0 Å². The van der Waals surface area contributed by atoms with Gasteiger partial charge in [-0.3, -0.25) is 10.4 Å². The zero-order valence-electron chi connectivity index (χ0n) is 12.7. The average Bonchev–Trinajstić information content (AvgIpc) is 2.54. The van der Waals surface area contributed by atoms with Gasteiger partial charge in [0.25, 0.3) is 0 Å². The molecular formula is C15H12Cl4N4S2. The Balaban J connectivity index is 1.92. The highest BCUT2D eigenvalue weighted by Gasteiger charge is 2.08. The van der Waals surface area contributed by atoms with Gasteiger partial charge in [0.15, 0.2) is 10.2 Å². The third-order valence-corrected chi connectivity index (χ3v) is 4.97. The number of hydrogen-bond acceptors (Lipinski definition) is 2. The van der Waals surface area contributed by atoms with Crippen molar-refractivity contribution in [1.29, 1.82) is 0 Å². The standard InChI is InChI=1S/C15H12Cl4N4S2/c1-23(15(25)21-9-3-5-11(17)13(19)7-9)22-14(24)20-8-2-4-10(16)12(18)6-8/h2-7H,1H3,(H,21,25)(H2,20,22,24). The number of benzene rings is 2. The highest BCUT2D eigenvalue weighted by Crippen LogP contribution is 2.26. The van der Waals surface area contributed by atoms with E-state index in [2.05, 4.69) is 16.1 Å². The lowest BCUT2D eigenvalue weighted by Gasteiger charge is -2.23. The molecule has 0 saturated heterocycles. The number of nitrogens with zero attached hydrogens (tertiary/aromatic N) is 1. The molecule has 0 aliphatic heterocycles. The molecule has 0 aliphatic rings. The second-order valence-corrected chi connectivity index (χ2v) is 7.24. The summed E-state index contributed by atoms with van der Waals surface area (Å²) in [5.41, 5.74) is 4.33. The van der Waals surface area contributed by atoms with Crippen LogP contribution in [0, 0.1) is 0 Å². The summed E-state index contributed by atoms with van der Waals surface area (Å²) in [6.07, 6.45) is 0. The van der Waals surface area contributed by atoms with Crippen LogP contribution < -0.4 is 16.1 Å². The molecular weight excluding hydrogens is 442 g/mol. The highest BCUT2D eigenvalue weighted by molar-refractivity contribution is 7.81. The Morgan fingerprint density at radius 1 is 0.800 bits per heavy atom. The largest absolute Gasteiger partial charge is 0.331 e. The topological polar surface area (TPSA) is 39.3 Å². The molecule has 0 spiro atoms. The van der Waals surface area contributed by atoms with Gasteiger partial charge in [-0.15, -0.1) is 0 Å². The quantitative estimate of drug-likeness (QED) is 0.392. The molecule has 3 N–H and O–H groups in total. The molecule has 132 valence electrons. The SMILES string of the molecule is CN(NC(=S)Nc1ccc(Cl)c(Cl)c1)C(=S)Nc1ccc(Cl)c(Cl)c1. The minimum absolute atomic E-state index is 0.333. The van der Waals surface area contributed by atoms with E-state index in [4.69, 9.17) is 70.8 Å². The van der Waals surface area contributed by atoms with Gasteiger partial charge in [-0.25, -0.2) is 0 Å². The number of anilines is 2. The third kappa shape index (κ3) is 6.02. The Labute approximate surface area is 176 Å². The molecule has 2 aromatic carbocycles. The molecule has 0 amide bonds. The number of nitrogens with one attached hydrogen (secondary N) is 3. The van der Waals surface area contributed by atoms with Crippen LogP contribution in [0.25, 0.3) is 0 Å². The molecule has 4 nitrogen and oxygen atoms in total. The van der Waals surface area contributed by atoms with Gasteiger partial charge in [-0.1, -0.05) is 46.4 Å². The van der Waals surface area contributed by atoms with E-state index in [1.807, 2.05) is 0 Å². The van der Waals surface area contributed by atoms with Crippen LogP contribution in [0.3, 0.4) is 0 Å². The van der Waals surface area contributed by atoms with E-state index in [-0.39, 0.29) is 0 Å². The molecule has 0 radical (unpaired) electrons. The predicted molar refractivity (Wildman–Crippen MR) is 116 cm³/mol. The van der Waals surface area contributed by atoms with Gasteiger partial charge in [0.1, 0.15) is 0 Å². The fourth-order valence-electron chi connectivity index (χ4n) is 1.72. The van der Waals surface area contributed by atoms with Crippen LogP contribution in [0.1, 0.15) is 0 Å². The molecule has 0 fully saturated rings. The monoisotopic (exact) mass is 452 g/mol. The summed E-state index contributed by atoms with van der Waals surface area (Å²) in [6.45, 7) is 0. The zero-order chi connectivity index (χ0) is 18.6. The number of rotatable bonds is 2. The van der Waals surface area contributed by atoms with Gasteiger partial charge in [0.2, 0.25) is 0 Å². The predicted octanol–water partition coefficient (Wildman–Crippen LogP) is 5.83. The number of thiocarbonyl (C=S) groups is 2. The van der Waals surface area contributed by atoms with Crippen molar-refractivity contribution in [2.75, 3.05) is 17.7 Å². The fraction of sp³-hybridized carbons (Fsp3) is 0.0667. The minimum atomic E-state index is 0.333. The maximum Gasteiger partial charge on any atom is 0.192 e. The average molecular weight is 454 g/mol. The summed E-state index contributed by atoms with van der Waals surface area (Å²) < 4.78 is 0. The maximum absolute atomic E-state index is 5.98. The summed E-state index contributed by atoms with van der Waals surface area (Å²) >= 11 is 34.3. The van der Waals surface area contributed by atoms with E-state index in [0.717, 1.165) is 0 Å². The molecule has 0 aromatic heterocycles. The first-order valence-corrected chi connectivity index (χ1v) is 9.11. The normalized spacial score (nSPS) is 10.1. The zero-order valence-corrected chi connectivity index (χ0v) is 17.4. The molecule has 0 atom stereocenters. The molecule has 0 saturated carbocycles.